The van der Waals surface area contributed by atoms with E-state index < -0.39 is 7.12 Å². The second kappa shape index (κ2) is 4.62. The number of hydrogen-bond donors (Lipinski definition) is 1. The monoisotopic (exact) mass is 261 g/mol. The van der Waals surface area contributed by atoms with Gasteiger partial charge in [0.05, 0.1) is 17.1 Å². The lowest BCUT2D eigenvalue weighted by Crippen LogP contribution is -2.41. The van der Waals surface area contributed by atoms with Gasteiger partial charge in [0, 0.05) is 0 Å². The van der Waals surface area contributed by atoms with Gasteiger partial charge in [0.15, 0.2) is 0 Å². The highest BCUT2D eigenvalue weighted by molar-refractivity contribution is 6.47. The van der Waals surface area contributed by atoms with Crippen molar-refractivity contribution in [1.82, 2.24) is 0 Å². The standard InChI is InChI=1S/C15H24BNO2/c1-10-7-11(2)9-12(8-10)13(17)16-18-14(3,4)15(5,6)19-16/h7-9,13H,17H2,1-6H3/t13-/m1/s1. The van der Waals surface area contributed by atoms with Gasteiger partial charge >= 0.3 is 7.12 Å². The summed E-state index contributed by atoms with van der Waals surface area (Å²) in [5.74, 6) is -0.264. The first-order valence-corrected chi connectivity index (χ1v) is 6.82. The van der Waals surface area contributed by atoms with Gasteiger partial charge in [0.1, 0.15) is 0 Å². The smallest absolute Gasteiger partial charge is 0.402 e. The Morgan fingerprint density at radius 2 is 1.37 bits per heavy atom. The van der Waals surface area contributed by atoms with E-state index in [0.717, 1.165) is 5.56 Å². The van der Waals surface area contributed by atoms with Gasteiger partial charge in [-0.3, -0.25) is 0 Å². The molecular formula is C15H24BNO2. The first-order chi connectivity index (χ1) is 8.62. The molecule has 2 N–H and O–H groups in total. The van der Waals surface area contributed by atoms with Crippen molar-refractivity contribution in [2.24, 2.45) is 5.73 Å². The molecular weight excluding hydrogens is 237 g/mol. The van der Waals surface area contributed by atoms with Gasteiger partial charge in [-0.25, -0.2) is 0 Å². The molecule has 0 unspecified atom stereocenters. The molecule has 3 nitrogen and oxygen atoms in total. The third-order valence-electron chi connectivity index (χ3n) is 4.19. The summed E-state index contributed by atoms with van der Waals surface area (Å²) in [5.41, 5.74) is 9.14. The van der Waals surface area contributed by atoms with Gasteiger partial charge in [0.2, 0.25) is 0 Å². The van der Waals surface area contributed by atoms with Crippen LogP contribution in [0.15, 0.2) is 18.2 Å². The van der Waals surface area contributed by atoms with Crippen molar-refractivity contribution in [3.63, 3.8) is 0 Å². The zero-order valence-electron chi connectivity index (χ0n) is 12.8. The summed E-state index contributed by atoms with van der Waals surface area (Å²) in [6, 6.07) is 6.34. The van der Waals surface area contributed by atoms with E-state index in [1.165, 1.54) is 11.1 Å². The van der Waals surface area contributed by atoms with E-state index in [4.69, 9.17) is 15.0 Å². The average Bonchev–Trinajstić information content (AvgIpc) is 2.45. The van der Waals surface area contributed by atoms with Crippen molar-refractivity contribution >= 4 is 7.12 Å². The van der Waals surface area contributed by atoms with Crippen LogP contribution in [0.5, 0.6) is 0 Å². The van der Waals surface area contributed by atoms with E-state index in [1.54, 1.807) is 0 Å². The van der Waals surface area contributed by atoms with E-state index in [1.807, 2.05) is 27.7 Å². The quantitative estimate of drug-likeness (QED) is 0.832. The van der Waals surface area contributed by atoms with Gasteiger partial charge < -0.3 is 15.0 Å². The Balaban J connectivity index is 2.24. The van der Waals surface area contributed by atoms with E-state index >= 15 is 0 Å². The summed E-state index contributed by atoms with van der Waals surface area (Å²) in [7, 11) is -0.397. The van der Waals surface area contributed by atoms with Crippen LogP contribution in [-0.4, -0.2) is 18.3 Å². The van der Waals surface area contributed by atoms with Crippen LogP contribution in [0.4, 0.5) is 0 Å². The largest absolute Gasteiger partial charge is 0.480 e. The van der Waals surface area contributed by atoms with Gasteiger partial charge in [-0.1, -0.05) is 29.3 Å². The SMILES string of the molecule is Cc1cc(C)cc([C@@H](N)B2OC(C)(C)C(C)(C)O2)c1. The van der Waals surface area contributed by atoms with Crippen molar-refractivity contribution in [1.29, 1.82) is 0 Å². The molecule has 0 amide bonds. The van der Waals surface area contributed by atoms with E-state index in [2.05, 4.69) is 32.0 Å². The Labute approximate surface area is 116 Å². The van der Waals surface area contributed by atoms with Crippen molar-refractivity contribution in [3.05, 3.63) is 34.9 Å². The molecule has 0 aliphatic carbocycles. The molecule has 19 heavy (non-hydrogen) atoms. The molecule has 0 radical (unpaired) electrons. The van der Waals surface area contributed by atoms with Crippen LogP contribution in [0.1, 0.15) is 50.3 Å². The Hall–Kier alpha value is -0.835. The van der Waals surface area contributed by atoms with Crippen LogP contribution in [0.2, 0.25) is 0 Å². The number of aryl methyl sites for hydroxylation is 2. The molecule has 0 saturated carbocycles. The molecule has 1 aliphatic rings. The van der Waals surface area contributed by atoms with Crippen molar-refractivity contribution in [2.75, 3.05) is 0 Å². The Morgan fingerprint density at radius 1 is 0.947 bits per heavy atom. The zero-order chi connectivity index (χ0) is 14.4. The molecule has 1 atom stereocenters. The van der Waals surface area contributed by atoms with Crippen LogP contribution in [-0.2, 0) is 9.31 Å². The molecule has 1 saturated heterocycles. The Kier molecular flexibility index (Phi) is 3.54. The van der Waals surface area contributed by atoms with Crippen molar-refractivity contribution < 1.29 is 9.31 Å². The molecule has 1 aromatic rings. The molecule has 0 bridgehead atoms. The molecule has 2 rings (SSSR count). The normalized spacial score (nSPS) is 22.6. The second-order valence-electron chi connectivity index (χ2n) is 6.57. The second-order valence-corrected chi connectivity index (χ2v) is 6.57. The summed E-state index contributed by atoms with van der Waals surface area (Å²) in [5, 5.41) is 0. The molecule has 1 fully saturated rings. The maximum atomic E-state index is 6.33. The minimum Gasteiger partial charge on any atom is -0.402 e. The minimum absolute atomic E-state index is 0.264. The van der Waals surface area contributed by atoms with Crippen molar-refractivity contribution in [3.8, 4) is 0 Å². The van der Waals surface area contributed by atoms with Crippen LogP contribution >= 0.6 is 0 Å². The lowest BCUT2D eigenvalue weighted by atomic mass is 9.74. The van der Waals surface area contributed by atoms with Crippen LogP contribution in [0.3, 0.4) is 0 Å². The number of rotatable bonds is 2. The van der Waals surface area contributed by atoms with E-state index in [-0.39, 0.29) is 17.1 Å². The first kappa shape index (κ1) is 14.6. The summed E-state index contributed by atoms with van der Waals surface area (Å²) >= 11 is 0. The van der Waals surface area contributed by atoms with Gasteiger partial charge in [-0.05, 0) is 47.1 Å². The zero-order valence-corrected chi connectivity index (χ0v) is 12.8. The minimum atomic E-state index is -0.397. The third kappa shape index (κ3) is 2.71. The van der Waals surface area contributed by atoms with Crippen LogP contribution in [0.25, 0.3) is 0 Å². The van der Waals surface area contributed by atoms with Gasteiger partial charge in [-0.2, -0.15) is 0 Å². The van der Waals surface area contributed by atoms with E-state index in [9.17, 15) is 0 Å². The number of nitrogens with two attached hydrogens (primary N) is 1. The lowest BCUT2D eigenvalue weighted by molar-refractivity contribution is 0.00578. The summed E-state index contributed by atoms with van der Waals surface area (Å²) in [6.07, 6.45) is 0. The average molecular weight is 261 g/mol. The summed E-state index contributed by atoms with van der Waals surface area (Å²) in [6.45, 7) is 12.3. The van der Waals surface area contributed by atoms with Crippen LogP contribution in [0, 0.1) is 13.8 Å². The first-order valence-electron chi connectivity index (χ1n) is 6.82. The fourth-order valence-electron chi connectivity index (χ4n) is 2.39. The maximum Gasteiger partial charge on any atom is 0.480 e. The lowest BCUT2D eigenvalue weighted by Gasteiger charge is -2.32. The predicted molar refractivity (Wildman–Crippen MR) is 78.9 cm³/mol. The molecule has 0 aromatic heterocycles. The predicted octanol–water partition coefficient (Wildman–Crippen LogP) is 2.93. The van der Waals surface area contributed by atoms with E-state index in [0.29, 0.717) is 0 Å². The maximum absolute atomic E-state index is 6.33. The number of hydrogen-bond acceptors (Lipinski definition) is 3. The Bertz CT molecular complexity index is 449. The van der Waals surface area contributed by atoms with Crippen LogP contribution < -0.4 is 5.73 Å². The fourth-order valence-corrected chi connectivity index (χ4v) is 2.39. The summed E-state index contributed by atoms with van der Waals surface area (Å²) in [4.78, 5) is 0. The number of benzene rings is 1. The molecule has 4 heteroatoms. The third-order valence-corrected chi connectivity index (χ3v) is 4.19. The Morgan fingerprint density at radius 3 is 1.79 bits per heavy atom. The highest BCUT2D eigenvalue weighted by Gasteiger charge is 2.53. The molecule has 0 spiro atoms. The molecule has 1 aromatic carbocycles. The van der Waals surface area contributed by atoms with Gasteiger partial charge in [-0.15, -0.1) is 0 Å². The fraction of sp³-hybridized carbons (Fsp3) is 0.600. The highest BCUT2D eigenvalue weighted by Crippen LogP contribution is 2.39. The topological polar surface area (TPSA) is 44.5 Å². The summed E-state index contributed by atoms with van der Waals surface area (Å²) < 4.78 is 12.0. The van der Waals surface area contributed by atoms with Gasteiger partial charge in [0.25, 0.3) is 0 Å². The molecule has 1 heterocycles. The molecule has 104 valence electrons. The van der Waals surface area contributed by atoms with Crippen molar-refractivity contribution in [2.45, 2.75) is 58.7 Å². The highest BCUT2D eigenvalue weighted by atomic mass is 16.7. The molecule has 1 aliphatic heterocycles.